The van der Waals surface area contributed by atoms with Crippen molar-refractivity contribution in [1.82, 2.24) is 5.32 Å². The molecule has 1 unspecified atom stereocenters. The number of rotatable bonds is 4. The number of hydrogen-bond acceptors (Lipinski definition) is 3. The van der Waals surface area contributed by atoms with Gasteiger partial charge < -0.3 is 15.8 Å². The minimum absolute atomic E-state index is 0.200. The van der Waals surface area contributed by atoms with E-state index in [1.54, 1.807) is 0 Å². The number of nitrogens with two attached hydrogens (primary N) is 1. The minimum Gasteiger partial charge on any atom is -0.491 e. The molecule has 3 heteroatoms. The fraction of sp³-hybridized carbons (Fsp3) is 0.429. The molecular formula is C14H20N2O. The molecule has 3 nitrogen and oxygen atoms in total. The van der Waals surface area contributed by atoms with Crippen LogP contribution in [0.25, 0.3) is 0 Å². The zero-order chi connectivity index (χ0) is 12.3. The van der Waals surface area contributed by atoms with Crippen LogP contribution in [0, 0.1) is 12.8 Å². The van der Waals surface area contributed by atoms with E-state index in [0.29, 0.717) is 5.92 Å². The molecule has 1 aliphatic rings. The third-order valence-electron chi connectivity index (χ3n) is 2.95. The molecule has 0 fully saturated rings. The summed E-state index contributed by atoms with van der Waals surface area (Å²) >= 11 is 0. The summed E-state index contributed by atoms with van der Waals surface area (Å²) in [6.45, 7) is 5.10. The summed E-state index contributed by atoms with van der Waals surface area (Å²) in [5.41, 5.74) is 6.91. The highest BCUT2D eigenvalue weighted by Gasteiger charge is 2.17. The van der Waals surface area contributed by atoms with Crippen LogP contribution >= 0.6 is 0 Å². The summed E-state index contributed by atoms with van der Waals surface area (Å²) in [7, 11) is 0. The molecular weight excluding hydrogens is 212 g/mol. The number of ether oxygens (including phenoxy) is 1. The first kappa shape index (κ1) is 11.8. The van der Waals surface area contributed by atoms with Crippen molar-refractivity contribution in [3.05, 3.63) is 41.7 Å². The summed E-state index contributed by atoms with van der Waals surface area (Å²) in [5, 5.41) is 3.13. The number of nitrogens with one attached hydrogen (secondary N) is 1. The molecule has 92 valence electrons. The zero-order valence-corrected chi connectivity index (χ0v) is 10.4. The Morgan fingerprint density at radius 1 is 1.53 bits per heavy atom. The second-order valence-electron chi connectivity index (χ2n) is 4.74. The average molecular weight is 232 g/mol. The molecule has 0 saturated carbocycles. The highest BCUT2D eigenvalue weighted by atomic mass is 16.5. The Kier molecular flexibility index (Phi) is 3.57. The SMILES string of the molecule is Cc1cccc(OC(C)C[C@H]2C=C(N)NC2)c1. The molecule has 0 aliphatic carbocycles. The number of hydrogen-bond donors (Lipinski definition) is 2. The molecule has 2 atom stereocenters. The fourth-order valence-electron chi connectivity index (χ4n) is 2.17. The third-order valence-corrected chi connectivity index (χ3v) is 2.95. The van der Waals surface area contributed by atoms with Gasteiger partial charge in [-0.2, -0.15) is 0 Å². The molecule has 1 aliphatic heterocycles. The van der Waals surface area contributed by atoms with E-state index in [9.17, 15) is 0 Å². The molecule has 0 spiro atoms. The second-order valence-corrected chi connectivity index (χ2v) is 4.74. The van der Waals surface area contributed by atoms with E-state index < -0.39 is 0 Å². The second kappa shape index (κ2) is 5.13. The van der Waals surface area contributed by atoms with E-state index in [1.165, 1.54) is 5.56 Å². The van der Waals surface area contributed by atoms with E-state index in [1.807, 2.05) is 12.1 Å². The Bertz CT molecular complexity index is 414. The summed E-state index contributed by atoms with van der Waals surface area (Å²) < 4.78 is 5.89. The van der Waals surface area contributed by atoms with Crippen LogP contribution in [-0.2, 0) is 0 Å². The van der Waals surface area contributed by atoms with Crippen molar-refractivity contribution in [1.29, 1.82) is 0 Å². The van der Waals surface area contributed by atoms with Crippen molar-refractivity contribution >= 4 is 0 Å². The average Bonchev–Trinajstić information content (AvgIpc) is 2.63. The van der Waals surface area contributed by atoms with Gasteiger partial charge in [0.1, 0.15) is 5.75 Å². The molecule has 17 heavy (non-hydrogen) atoms. The van der Waals surface area contributed by atoms with Gasteiger partial charge in [-0.1, -0.05) is 12.1 Å². The van der Waals surface area contributed by atoms with Gasteiger partial charge in [0.25, 0.3) is 0 Å². The van der Waals surface area contributed by atoms with Gasteiger partial charge in [0.15, 0.2) is 0 Å². The maximum atomic E-state index is 5.89. The van der Waals surface area contributed by atoms with Crippen LogP contribution in [-0.4, -0.2) is 12.6 Å². The Labute approximate surface area is 103 Å². The first-order valence-corrected chi connectivity index (χ1v) is 6.08. The lowest BCUT2D eigenvalue weighted by Gasteiger charge is -2.17. The Morgan fingerprint density at radius 2 is 2.35 bits per heavy atom. The number of benzene rings is 1. The van der Waals surface area contributed by atoms with Crippen molar-refractivity contribution < 1.29 is 4.74 Å². The fourth-order valence-corrected chi connectivity index (χ4v) is 2.17. The van der Waals surface area contributed by atoms with Crippen molar-refractivity contribution in [3.8, 4) is 5.75 Å². The van der Waals surface area contributed by atoms with Crippen molar-refractivity contribution in [2.75, 3.05) is 6.54 Å². The van der Waals surface area contributed by atoms with Crippen LogP contribution in [0.1, 0.15) is 18.9 Å². The van der Waals surface area contributed by atoms with E-state index in [0.717, 1.165) is 24.5 Å². The first-order valence-electron chi connectivity index (χ1n) is 6.08. The minimum atomic E-state index is 0.200. The van der Waals surface area contributed by atoms with Gasteiger partial charge >= 0.3 is 0 Å². The van der Waals surface area contributed by atoms with Crippen LogP contribution < -0.4 is 15.8 Å². The van der Waals surface area contributed by atoms with Gasteiger partial charge in [-0.3, -0.25) is 0 Å². The standard InChI is InChI=1S/C14H20N2O/c1-10-4-3-5-13(6-10)17-11(2)7-12-8-14(15)16-9-12/h3-6,8,11-12,16H,7,9,15H2,1-2H3/t11?,12-/m0/s1. The van der Waals surface area contributed by atoms with Crippen molar-refractivity contribution in [3.63, 3.8) is 0 Å². The molecule has 3 N–H and O–H groups in total. The molecule has 0 radical (unpaired) electrons. The maximum absolute atomic E-state index is 5.89. The summed E-state index contributed by atoms with van der Waals surface area (Å²) in [5.74, 6) is 2.22. The van der Waals surface area contributed by atoms with E-state index in [-0.39, 0.29) is 6.10 Å². The lowest BCUT2D eigenvalue weighted by atomic mass is 10.0. The van der Waals surface area contributed by atoms with Crippen molar-refractivity contribution in [2.24, 2.45) is 11.7 Å². The third kappa shape index (κ3) is 3.41. The lowest BCUT2D eigenvalue weighted by molar-refractivity contribution is 0.196. The predicted molar refractivity (Wildman–Crippen MR) is 69.6 cm³/mol. The van der Waals surface area contributed by atoms with Gasteiger partial charge in [0.2, 0.25) is 0 Å². The zero-order valence-electron chi connectivity index (χ0n) is 10.4. The molecule has 2 rings (SSSR count). The van der Waals surface area contributed by atoms with Gasteiger partial charge in [-0.05, 0) is 44.0 Å². The van der Waals surface area contributed by atoms with Gasteiger partial charge in [0.05, 0.1) is 11.9 Å². The topological polar surface area (TPSA) is 47.3 Å². The largest absolute Gasteiger partial charge is 0.491 e. The Morgan fingerprint density at radius 3 is 3.00 bits per heavy atom. The quantitative estimate of drug-likeness (QED) is 0.836. The summed E-state index contributed by atoms with van der Waals surface area (Å²) in [4.78, 5) is 0. The van der Waals surface area contributed by atoms with Gasteiger partial charge in [-0.15, -0.1) is 0 Å². The molecule has 1 aromatic rings. The van der Waals surface area contributed by atoms with E-state index in [4.69, 9.17) is 10.5 Å². The monoisotopic (exact) mass is 232 g/mol. The Hall–Kier alpha value is -1.64. The van der Waals surface area contributed by atoms with Crippen LogP contribution in [0.5, 0.6) is 5.75 Å². The predicted octanol–water partition coefficient (Wildman–Crippen LogP) is 2.17. The van der Waals surface area contributed by atoms with Crippen LogP contribution in [0.4, 0.5) is 0 Å². The highest BCUT2D eigenvalue weighted by molar-refractivity contribution is 5.27. The maximum Gasteiger partial charge on any atom is 0.119 e. The molecule has 1 aromatic carbocycles. The van der Waals surface area contributed by atoms with Gasteiger partial charge in [0, 0.05) is 12.5 Å². The van der Waals surface area contributed by atoms with Crippen LogP contribution in [0.3, 0.4) is 0 Å². The number of aryl methyl sites for hydroxylation is 1. The summed E-state index contributed by atoms with van der Waals surface area (Å²) in [6.07, 6.45) is 3.27. The van der Waals surface area contributed by atoms with E-state index in [2.05, 4.69) is 37.4 Å². The highest BCUT2D eigenvalue weighted by Crippen LogP contribution is 2.19. The molecule has 0 bridgehead atoms. The molecule has 1 heterocycles. The lowest BCUT2D eigenvalue weighted by Crippen LogP contribution is -2.21. The summed E-state index contributed by atoms with van der Waals surface area (Å²) in [6, 6.07) is 8.16. The molecule has 0 amide bonds. The van der Waals surface area contributed by atoms with Crippen LogP contribution in [0.2, 0.25) is 0 Å². The van der Waals surface area contributed by atoms with Crippen molar-refractivity contribution in [2.45, 2.75) is 26.4 Å². The normalized spacial score (nSPS) is 20.6. The smallest absolute Gasteiger partial charge is 0.119 e. The van der Waals surface area contributed by atoms with E-state index >= 15 is 0 Å². The first-order chi connectivity index (χ1) is 8.13. The molecule has 0 aromatic heterocycles. The van der Waals surface area contributed by atoms with Gasteiger partial charge in [-0.25, -0.2) is 0 Å². The molecule has 0 saturated heterocycles. The Balaban J connectivity index is 1.87. The van der Waals surface area contributed by atoms with Crippen LogP contribution in [0.15, 0.2) is 36.2 Å².